The van der Waals surface area contributed by atoms with Crippen molar-refractivity contribution < 1.29 is 9.15 Å². The number of hydrogen-bond donors (Lipinski definition) is 1. The number of furan rings is 1. The topological polar surface area (TPSA) is 48.4 Å². The highest BCUT2D eigenvalue weighted by molar-refractivity contribution is 5.81. The van der Waals surface area contributed by atoms with E-state index in [2.05, 4.69) is 6.92 Å². The second-order valence-corrected chi connectivity index (χ2v) is 4.57. The van der Waals surface area contributed by atoms with Crippen LogP contribution in [-0.2, 0) is 4.74 Å². The molecule has 0 fully saturated rings. The summed E-state index contributed by atoms with van der Waals surface area (Å²) in [6, 6.07) is 7.93. The van der Waals surface area contributed by atoms with Gasteiger partial charge >= 0.3 is 0 Å². The van der Waals surface area contributed by atoms with Crippen LogP contribution >= 0.6 is 0 Å². The van der Waals surface area contributed by atoms with Crippen molar-refractivity contribution in [3.63, 3.8) is 0 Å². The molecule has 1 heterocycles. The molecule has 0 aliphatic carbocycles. The summed E-state index contributed by atoms with van der Waals surface area (Å²) in [6.45, 7) is 6.78. The molecule has 2 unspecified atom stereocenters. The maximum Gasteiger partial charge on any atom is 0.137 e. The van der Waals surface area contributed by atoms with Gasteiger partial charge in [-0.2, -0.15) is 0 Å². The average molecular weight is 247 g/mol. The van der Waals surface area contributed by atoms with E-state index in [1.165, 1.54) is 0 Å². The summed E-state index contributed by atoms with van der Waals surface area (Å²) in [5.41, 5.74) is 8.29. The quantitative estimate of drug-likeness (QED) is 0.878. The van der Waals surface area contributed by atoms with Crippen LogP contribution in [-0.4, -0.2) is 12.7 Å². The molecule has 98 valence electrons. The number of benzene rings is 1. The summed E-state index contributed by atoms with van der Waals surface area (Å²) < 4.78 is 11.5. The molecule has 3 heteroatoms. The molecule has 0 aliphatic heterocycles. The molecule has 0 saturated heterocycles. The van der Waals surface area contributed by atoms with E-state index in [1.807, 2.05) is 38.1 Å². The first kappa shape index (κ1) is 13.1. The van der Waals surface area contributed by atoms with Gasteiger partial charge in [0.05, 0.1) is 12.1 Å². The van der Waals surface area contributed by atoms with Crippen molar-refractivity contribution in [2.45, 2.75) is 39.3 Å². The van der Waals surface area contributed by atoms with Crippen LogP contribution in [0.2, 0.25) is 0 Å². The summed E-state index contributed by atoms with van der Waals surface area (Å²) in [7, 11) is 0. The first-order chi connectivity index (χ1) is 8.67. The number of nitrogens with two attached hydrogens (primary N) is 1. The molecule has 2 aromatic rings. The Labute approximate surface area is 108 Å². The molecule has 2 rings (SSSR count). The standard InChI is InChI=1S/C15H21NO2/c1-4-12(17-5-2)14(16)13-9-11-8-6-7-10(3)15(11)18-13/h6-9,12,14H,4-5,16H2,1-3H3. The number of fused-ring (bicyclic) bond motifs is 1. The number of ether oxygens (including phenoxy) is 1. The minimum atomic E-state index is -0.207. The van der Waals surface area contributed by atoms with Crippen LogP contribution in [0.4, 0.5) is 0 Å². The van der Waals surface area contributed by atoms with E-state index in [1.54, 1.807) is 0 Å². The zero-order valence-corrected chi connectivity index (χ0v) is 11.3. The molecule has 3 nitrogen and oxygen atoms in total. The fraction of sp³-hybridized carbons (Fsp3) is 0.467. The first-order valence-corrected chi connectivity index (χ1v) is 6.53. The minimum absolute atomic E-state index is 0.0101. The minimum Gasteiger partial charge on any atom is -0.459 e. The average Bonchev–Trinajstić information content (AvgIpc) is 2.80. The summed E-state index contributed by atoms with van der Waals surface area (Å²) >= 11 is 0. The molecule has 0 bridgehead atoms. The fourth-order valence-electron chi connectivity index (χ4n) is 2.27. The predicted octanol–water partition coefficient (Wildman–Crippen LogP) is 3.56. The van der Waals surface area contributed by atoms with Crippen LogP contribution in [0.3, 0.4) is 0 Å². The smallest absolute Gasteiger partial charge is 0.137 e. The van der Waals surface area contributed by atoms with Gasteiger partial charge in [0.25, 0.3) is 0 Å². The van der Waals surface area contributed by atoms with E-state index >= 15 is 0 Å². The molecule has 1 aromatic carbocycles. The molecular formula is C15H21NO2. The third-order valence-electron chi connectivity index (χ3n) is 3.27. The van der Waals surface area contributed by atoms with Gasteiger partial charge in [-0.3, -0.25) is 0 Å². The van der Waals surface area contributed by atoms with Crippen molar-refractivity contribution in [3.05, 3.63) is 35.6 Å². The van der Waals surface area contributed by atoms with Crippen molar-refractivity contribution >= 4 is 11.0 Å². The van der Waals surface area contributed by atoms with Gasteiger partial charge in [-0.05, 0) is 31.9 Å². The lowest BCUT2D eigenvalue weighted by atomic mass is 10.1. The van der Waals surface area contributed by atoms with E-state index in [0.29, 0.717) is 6.61 Å². The van der Waals surface area contributed by atoms with Gasteiger partial charge in [0.1, 0.15) is 11.3 Å². The third-order valence-corrected chi connectivity index (χ3v) is 3.27. The van der Waals surface area contributed by atoms with Gasteiger partial charge in [0.2, 0.25) is 0 Å². The highest BCUT2D eigenvalue weighted by Crippen LogP contribution is 2.28. The van der Waals surface area contributed by atoms with Crippen LogP contribution in [0.15, 0.2) is 28.7 Å². The third kappa shape index (κ3) is 2.42. The molecule has 18 heavy (non-hydrogen) atoms. The Bertz CT molecular complexity index is 518. The molecular weight excluding hydrogens is 226 g/mol. The van der Waals surface area contributed by atoms with Gasteiger partial charge < -0.3 is 14.9 Å². The Hall–Kier alpha value is -1.32. The van der Waals surface area contributed by atoms with Crippen molar-refractivity contribution in [1.29, 1.82) is 0 Å². The Morgan fingerprint density at radius 3 is 2.72 bits per heavy atom. The van der Waals surface area contributed by atoms with Crippen LogP contribution in [0.25, 0.3) is 11.0 Å². The second kappa shape index (κ2) is 5.55. The largest absolute Gasteiger partial charge is 0.459 e. The van der Waals surface area contributed by atoms with Crippen molar-refractivity contribution in [2.75, 3.05) is 6.61 Å². The maximum absolute atomic E-state index is 6.23. The van der Waals surface area contributed by atoms with Gasteiger partial charge in [-0.1, -0.05) is 25.1 Å². The molecule has 0 spiro atoms. The second-order valence-electron chi connectivity index (χ2n) is 4.57. The van der Waals surface area contributed by atoms with Gasteiger partial charge in [0.15, 0.2) is 0 Å². The van der Waals surface area contributed by atoms with Crippen molar-refractivity contribution in [2.24, 2.45) is 5.73 Å². The highest BCUT2D eigenvalue weighted by Gasteiger charge is 2.21. The van der Waals surface area contributed by atoms with Crippen LogP contribution in [0, 0.1) is 6.92 Å². The van der Waals surface area contributed by atoms with E-state index in [4.69, 9.17) is 14.9 Å². The normalized spacial score (nSPS) is 14.9. The lowest BCUT2D eigenvalue weighted by Crippen LogP contribution is -2.28. The van der Waals surface area contributed by atoms with Gasteiger partial charge in [-0.25, -0.2) is 0 Å². The monoisotopic (exact) mass is 247 g/mol. The zero-order chi connectivity index (χ0) is 13.1. The van der Waals surface area contributed by atoms with Gasteiger partial charge in [0, 0.05) is 12.0 Å². The highest BCUT2D eigenvalue weighted by atomic mass is 16.5. The van der Waals surface area contributed by atoms with Crippen molar-refractivity contribution in [3.8, 4) is 0 Å². The van der Waals surface area contributed by atoms with Crippen LogP contribution in [0.1, 0.15) is 37.6 Å². The van der Waals surface area contributed by atoms with E-state index in [0.717, 1.165) is 28.7 Å². The predicted molar refractivity (Wildman–Crippen MR) is 73.6 cm³/mol. The number of aryl methyl sites for hydroxylation is 1. The van der Waals surface area contributed by atoms with E-state index < -0.39 is 0 Å². The van der Waals surface area contributed by atoms with E-state index in [9.17, 15) is 0 Å². The Morgan fingerprint density at radius 2 is 2.11 bits per heavy atom. The molecule has 2 N–H and O–H groups in total. The Morgan fingerprint density at radius 1 is 1.33 bits per heavy atom. The first-order valence-electron chi connectivity index (χ1n) is 6.53. The lowest BCUT2D eigenvalue weighted by Gasteiger charge is -2.20. The zero-order valence-electron chi connectivity index (χ0n) is 11.3. The summed E-state index contributed by atoms with van der Waals surface area (Å²) in [4.78, 5) is 0. The molecule has 0 amide bonds. The van der Waals surface area contributed by atoms with Crippen LogP contribution in [0.5, 0.6) is 0 Å². The van der Waals surface area contributed by atoms with E-state index in [-0.39, 0.29) is 12.1 Å². The molecule has 0 aliphatic rings. The molecule has 0 saturated carbocycles. The summed E-state index contributed by atoms with van der Waals surface area (Å²) in [5.74, 6) is 0.805. The molecule has 2 atom stereocenters. The maximum atomic E-state index is 6.23. The SMILES string of the molecule is CCOC(CC)C(N)c1cc2cccc(C)c2o1. The summed E-state index contributed by atoms with van der Waals surface area (Å²) in [6.07, 6.45) is 0.890. The number of para-hydroxylation sites is 1. The fourth-order valence-corrected chi connectivity index (χ4v) is 2.27. The van der Waals surface area contributed by atoms with Crippen LogP contribution < -0.4 is 5.73 Å². The molecule has 0 radical (unpaired) electrons. The summed E-state index contributed by atoms with van der Waals surface area (Å²) in [5, 5.41) is 1.10. The number of rotatable bonds is 5. The lowest BCUT2D eigenvalue weighted by molar-refractivity contribution is 0.0367. The van der Waals surface area contributed by atoms with Crippen molar-refractivity contribution in [1.82, 2.24) is 0 Å². The Kier molecular flexibility index (Phi) is 4.04. The van der Waals surface area contributed by atoms with Gasteiger partial charge in [-0.15, -0.1) is 0 Å². The number of hydrogen-bond acceptors (Lipinski definition) is 3. The Balaban J connectivity index is 2.32. The molecule has 1 aromatic heterocycles.